The average Bonchev–Trinajstić information content (AvgIpc) is 3.35. The van der Waals surface area contributed by atoms with E-state index < -0.39 is 24.1 Å². The zero-order valence-electron chi connectivity index (χ0n) is 18.9. The maximum absolute atomic E-state index is 13.4. The van der Waals surface area contributed by atoms with Gasteiger partial charge in [0.25, 0.3) is 0 Å². The van der Waals surface area contributed by atoms with Crippen LogP contribution in [-0.4, -0.2) is 52.9 Å². The van der Waals surface area contributed by atoms with Gasteiger partial charge in [0, 0.05) is 13.1 Å². The van der Waals surface area contributed by atoms with Crippen LogP contribution in [0.3, 0.4) is 0 Å². The molecule has 0 N–H and O–H groups in total. The number of benzene rings is 2. The molecular formula is C26H30N2O5. The molecule has 2 aromatic carbocycles. The lowest BCUT2D eigenvalue weighted by Crippen LogP contribution is -2.52. The van der Waals surface area contributed by atoms with E-state index in [1.807, 2.05) is 60.7 Å². The van der Waals surface area contributed by atoms with Crippen LogP contribution in [-0.2, 0) is 32.3 Å². The van der Waals surface area contributed by atoms with Gasteiger partial charge in [-0.25, -0.2) is 9.59 Å². The number of likely N-dealkylation sites (tertiary alicyclic amines) is 1. The van der Waals surface area contributed by atoms with E-state index in [2.05, 4.69) is 6.58 Å². The fourth-order valence-corrected chi connectivity index (χ4v) is 3.79. The third kappa shape index (κ3) is 6.44. The number of ether oxygens (including phenoxy) is 2. The van der Waals surface area contributed by atoms with Gasteiger partial charge >= 0.3 is 12.1 Å². The summed E-state index contributed by atoms with van der Waals surface area (Å²) in [5, 5.41) is 0. The predicted octanol–water partition coefficient (Wildman–Crippen LogP) is 3.93. The third-order valence-electron chi connectivity index (χ3n) is 5.62. The van der Waals surface area contributed by atoms with Gasteiger partial charge in [0.2, 0.25) is 5.91 Å². The van der Waals surface area contributed by atoms with E-state index in [0.717, 1.165) is 11.1 Å². The van der Waals surface area contributed by atoms with Crippen LogP contribution in [0.15, 0.2) is 73.3 Å². The standard InChI is InChI=1S/C26H30N2O5/c1-3-16-27(20(2)25(30)32-18-21-11-6-4-7-12-21)24(29)23-15-10-17-28(23)26(31)33-19-22-13-8-5-9-14-22/h3-9,11-14,20,23H,1,10,15-19H2,2H3/t20-,23-/m0/s1. The second-order valence-corrected chi connectivity index (χ2v) is 7.94. The van der Waals surface area contributed by atoms with Gasteiger partial charge < -0.3 is 14.4 Å². The fraction of sp³-hybridized carbons (Fsp3) is 0.346. The normalized spacial score (nSPS) is 16.0. The van der Waals surface area contributed by atoms with Gasteiger partial charge in [-0.2, -0.15) is 0 Å². The summed E-state index contributed by atoms with van der Waals surface area (Å²) in [6, 6.07) is 17.2. The van der Waals surface area contributed by atoms with Crippen molar-refractivity contribution in [3.8, 4) is 0 Å². The van der Waals surface area contributed by atoms with Crippen LogP contribution < -0.4 is 0 Å². The van der Waals surface area contributed by atoms with E-state index in [9.17, 15) is 14.4 Å². The number of hydrogen-bond donors (Lipinski definition) is 0. The first-order valence-electron chi connectivity index (χ1n) is 11.1. The van der Waals surface area contributed by atoms with Crippen LogP contribution in [0.25, 0.3) is 0 Å². The van der Waals surface area contributed by atoms with Crippen molar-refractivity contribution in [3.63, 3.8) is 0 Å². The molecule has 1 saturated heterocycles. The van der Waals surface area contributed by atoms with E-state index in [0.29, 0.717) is 19.4 Å². The van der Waals surface area contributed by atoms with Gasteiger partial charge in [-0.1, -0.05) is 66.7 Å². The van der Waals surface area contributed by atoms with E-state index >= 15 is 0 Å². The van der Waals surface area contributed by atoms with Crippen LogP contribution >= 0.6 is 0 Å². The highest BCUT2D eigenvalue weighted by Gasteiger charge is 2.39. The molecule has 3 rings (SSSR count). The van der Waals surface area contributed by atoms with Crippen molar-refractivity contribution in [2.24, 2.45) is 0 Å². The maximum atomic E-state index is 13.4. The molecule has 7 heteroatoms. The molecule has 0 unspecified atom stereocenters. The highest BCUT2D eigenvalue weighted by Crippen LogP contribution is 2.22. The minimum Gasteiger partial charge on any atom is -0.459 e. The maximum Gasteiger partial charge on any atom is 0.410 e. The SMILES string of the molecule is C=CCN(C(=O)[C@@H]1CCCN1C(=O)OCc1ccccc1)[C@@H](C)C(=O)OCc1ccccc1. The monoisotopic (exact) mass is 450 g/mol. The lowest BCUT2D eigenvalue weighted by atomic mass is 10.1. The number of carbonyl (C=O) groups is 3. The molecule has 0 aliphatic carbocycles. The van der Waals surface area contributed by atoms with Crippen LogP contribution in [0.1, 0.15) is 30.9 Å². The molecule has 7 nitrogen and oxygen atoms in total. The van der Waals surface area contributed by atoms with Gasteiger partial charge in [0.05, 0.1) is 0 Å². The number of hydrogen-bond acceptors (Lipinski definition) is 5. The number of amides is 2. The van der Waals surface area contributed by atoms with Crippen molar-refractivity contribution in [2.75, 3.05) is 13.1 Å². The summed E-state index contributed by atoms with van der Waals surface area (Å²) in [5.41, 5.74) is 1.73. The van der Waals surface area contributed by atoms with Crippen molar-refractivity contribution in [1.29, 1.82) is 0 Å². The van der Waals surface area contributed by atoms with Crippen molar-refractivity contribution in [3.05, 3.63) is 84.4 Å². The second-order valence-electron chi connectivity index (χ2n) is 7.94. The molecule has 1 fully saturated rings. The van der Waals surface area contributed by atoms with Crippen molar-refractivity contribution < 1.29 is 23.9 Å². The van der Waals surface area contributed by atoms with Gasteiger partial charge in [-0.05, 0) is 30.9 Å². The molecule has 33 heavy (non-hydrogen) atoms. The van der Waals surface area contributed by atoms with Gasteiger partial charge in [-0.3, -0.25) is 9.69 Å². The smallest absolute Gasteiger partial charge is 0.410 e. The molecule has 0 saturated carbocycles. The van der Waals surface area contributed by atoms with E-state index in [1.165, 1.54) is 9.80 Å². The molecule has 2 atom stereocenters. The van der Waals surface area contributed by atoms with E-state index in [4.69, 9.17) is 9.47 Å². The summed E-state index contributed by atoms with van der Waals surface area (Å²) in [6.45, 7) is 6.20. The lowest BCUT2D eigenvalue weighted by molar-refractivity contribution is -0.156. The van der Waals surface area contributed by atoms with Crippen LogP contribution in [0, 0.1) is 0 Å². The van der Waals surface area contributed by atoms with Crippen molar-refractivity contribution in [2.45, 2.75) is 45.1 Å². The minimum absolute atomic E-state index is 0.126. The summed E-state index contributed by atoms with van der Waals surface area (Å²) < 4.78 is 10.9. The number of rotatable bonds is 9. The highest BCUT2D eigenvalue weighted by atomic mass is 16.6. The first-order chi connectivity index (χ1) is 16.0. The quantitative estimate of drug-likeness (QED) is 0.427. The molecule has 0 radical (unpaired) electrons. The summed E-state index contributed by atoms with van der Waals surface area (Å²) in [4.78, 5) is 41.6. The molecular weight excluding hydrogens is 420 g/mol. The molecule has 1 heterocycles. The lowest BCUT2D eigenvalue weighted by Gasteiger charge is -2.32. The molecule has 1 aliphatic rings. The van der Waals surface area contributed by atoms with Gasteiger partial charge in [0.15, 0.2) is 0 Å². The van der Waals surface area contributed by atoms with E-state index in [1.54, 1.807) is 13.0 Å². The molecule has 2 aromatic rings. The average molecular weight is 451 g/mol. The Bertz CT molecular complexity index is 948. The number of carbonyl (C=O) groups excluding carboxylic acids is 3. The number of nitrogens with zero attached hydrogens (tertiary/aromatic N) is 2. The first kappa shape index (κ1) is 24.0. The predicted molar refractivity (Wildman–Crippen MR) is 124 cm³/mol. The summed E-state index contributed by atoms with van der Waals surface area (Å²) >= 11 is 0. The Morgan fingerprint density at radius 1 is 1.03 bits per heavy atom. The fourth-order valence-electron chi connectivity index (χ4n) is 3.79. The Hall–Kier alpha value is -3.61. The van der Waals surface area contributed by atoms with Gasteiger partial charge in [0.1, 0.15) is 25.3 Å². The second kappa shape index (κ2) is 11.9. The van der Waals surface area contributed by atoms with Crippen molar-refractivity contribution in [1.82, 2.24) is 9.80 Å². The molecule has 1 aliphatic heterocycles. The Morgan fingerprint density at radius 3 is 2.18 bits per heavy atom. The zero-order chi connectivity index (χ0) is 23.6. The van der Waals surface area contributed by atoms with Gasteiger partial charge in [-0.15, -0.1) is 6.58 Å². The number of esters is 1. The Morgan fingerprint density at radius 2 is 1.61 bits per heavy atom. The molecule has 0 spiro atoms. The Labute approximate surface area is 194 Å². The summed E-state index contributed by atoms with van der Waals surface area (Å²) in [7, 11) is 0. The molecule has 2 amide bonds. The Balaban J connectivity index is 1.62. The third-order valence-corrected chi connectivity index (χ3v) is 5.62. The Kier molecular flexibility index (Phi) is 8.63. The molecule has 0 aromatic heterocycles. The summed E-state index contributed by atoms with van der Waals surface area (Å²) in [6.07, 6.45) is 2.23. The largest absolute Gasteiger partial charge is 0.459 e. The topological polar surface area (TPSA) is 76.2 Å². The highest BCUT2D eigenvalue weighted by molar-refractivity contribution is 5.90. The zero-order valence-corrected chi connectivity index (χ0v) is 18.9. The first-order valence-corrected chi connectivity index (χ1v) is 11.1. The minimum atomic E-state index is -0.818. The van der Waals surface area contributed by atoms with Crippen LogP contribution in [0.2, 0.25) is 0 Å². The van der Waals surface area contributed by atoms with E-state index in [-0.39, 0.29) is 25.7 Å². The summed E-state index contributed by atoms with van der Waals surface area (Å²) in [5.74, 6) is -0.821. The van der Waals surface area contributed by atoms with Crippen LogP contribution in [0.4, 0.5) is 4.79 Å². The van der Waals surface area contributed by atoms with Crippen molar-refractivity contribution >= 4 is 18.0 Å². The van der Waals surface area contributed by atoms with Crippen LogP contribution in [0.5, 0.6) is 0 Å². The molecule has 0 bridgehead atoms. The molecule has 174 valence electrons.